The van der Waals surface area contributed by atoms with Crippen LogP contribution >= 0.6 is 0 Å². The van der Waals surface area contributed by atoms with Crippen LogP contribution in [0.5, 0.6) is 0 Å². The second kappa shape index (κ2) is 6.62. The molecule has 1 rings (SSSR count). The Labute approximate surface area is 126 Å². The number of nitrogens with two attached hydrogens (primary N) is 1. The lowest BCUT2D eigenvalue weighted by Gasteiger charge is -2.18. The standard InChI is InChI=1S/C14H25N3O3S/c1-9(2)6-11(5)16-14(18)13-7-12(21(15,19)20)8-17(13)10(3)4/h7-11H,6H2,1-5H3,(H,16,18)(H2,15,19,20). The minimum absolute atomic E-state index is 0.0194. The third kappa shape index (κ3) is 4.86. The van der Waals surface area contributed by atoms with E-state index in [1.807, 2.05) is 20.8 Å². The molecule has 7 heteroatoms. The van der Waals surface area contributed by atoms with Crippen LogP contribution < -0.4 is 10.5 Å². The molecule has 1 unspecified atom stereocenters. The highest BCUT2D eigenvalue weighted by Crippen LogP contribution is 2.18. The van der Waals surface area contributed by atoms with Crippen LogP contribution in [0.3, 0.4) is 0 Å². The maximum Gasteiger partial charge on any atom is 0.268 e. The Hall–Kier alpha value is -1.34. The van der Waals surface area contributed by atoms with Crippen molar-refractivity contribution in [1.29, 1.82) is 0 Å². The zero-order valence-electron chi connectivity index (χ0n) is 13.3. The van der Waals surface area contributed by atoms with E-state index in [4.69, 9.17) is 5.14 Å². The van der Waals surface area contributed by atoms with Crippen molar-refractivity contribution >= 4 is 15.9 Å². The number of nitrogens with zero attached hydrogens (tertiary/aromatic N) is 1. The molecule has 0 radical (unpaired) electrons. The maximum absolute atomic E-state index is 12.3. The van der Waals surface area contributed by atoms with E-state index < -0.39 is 10.0 Å². The number of carbonyl (C=O) groups excluding carboxylic acids is 1. The number of nitrogens with one attached hydrogen (secondary N) is 1. The molecule has 0 saturated heterocycles. The zero-order valence-corrected chi connectivity index (χ0v) is 14.1. The molecule has 1 amide bonds. The Morgan fingerprint density at radius 3 is 2.29 bits per heavy atom. The van der Waals surface area contributed by atoms with Crippen molar-refractivity contribution in [3.05, 3.63) is 18.0 Å². The van der Waals surface area contributed by atoms with E-state index in [1.54, 1.807) is 4.57 Å². The minimum atomic E-state index is -3.82. The summed E-state index contributed by atoms with van der Waals surface area (Å²) in [5.74, 6) is 0.184. The summed E-state index contributed by atoms with van der Waals surface area (Å²) in [7, 11) is -3.82. The fourth-order valence-corrected chi connectivity index (χ4v) is 2.82. The van der Waals surface area contributed by atoms with Gasteiger partial charge >= 0.3 is 0 Å². The van der Waals surface area contributed by atoms with Crippen molar-refractivity contribution in [3.8, 4) is 0 Å². The topological polar surface area (TPSA) is 94.2 Å². The fraction of sp³-hybridized carbons (Fsp3) is 0.643. The minimum Gasteiger partial charge on any atom is -0.348 e. The Kier molecular flexibility index (Phi) is 5.58. The summed E-state index contributed by atoms with van der Waals surface area (Å²) in [6.45, 7) is 9.85. The first-order valence-electron chi connectivity index (χ1n) is 7.08. The van der Waals surface area contributed by atoms with Crippen LogP contribution in [0, 0.1) is 5.92 Å². The second-order valence-electron chi connectivity index (χ2n) is 6.11. The summed E-state index contributed by atoms with van der Waals surface area (Å²) >= 11 is 0. The summed E-state index contributed by atoms with van der Waals surface area (Å²) < 4.78 is 24.5. The first-order valence-corrected chi connectivity index (χ1v) is 8.62. The van der Waals surface area contributed by atoms with E-state index in [0.29, 0.717) is 11.6 Å². The van der Waals surface area contributed by atoms with Gasteiger partial charge in [-0.25, -0.2) is 13.6 Å². The molecule has 0 spiro atoms. The van der Waals surface area contributed by atoms with Gasteiger partial charge in [0.1, 0.15) is 10.6 Å². The Balaban J connectivity index is 3.06. The van der Waals surface area contributed by atoms with Crippen LogP contribution in [-0.4, -0.2) is 24.9 Å². The van der Waals surface area contributed by atoms with E-state index in [2.05, 4.69) is 19.2 Å². The van der Waals surface area contributed by atoms with Gasteiger partial charge < -0.3 is 9.88 Å². The number of primary sulfonamides is 1. The summed E-state index contributed by atoms with van der Waals surface area (Å²) in [6.07, 6.45) is 2.26. The van der Waals surface area contributed by atoms with Crippen LogP contribution in [0.1, 0.15) is 57.6 Å². The summed E-state index contributed by atoms with van der Waals surface area (Å²) in [5, 5.41) is 8.03. The molecule has 0 aromatic carbocycles. The molecule has 1 atom stereocenters. The number of sulfonamides is 1. The van der Waals surface area contributed by atoms with Crippen molar-refractivity contribution in [3.63, 3.8) is 0 Å². The number of rotatable bonds is 6. The molecule has 0 fully saturated rings. The maximum atomic E-state index is 12.3. The van der Waals surface area contributed by atoms with Gasteiger partial charge in [-0.2, -0.15) is 0 Å². The van der Waals surface area contributed by atoms with E-state index in [0.717, 1.165) is 6.42 Å². The lowest BCUT2D eigenvalue weighted by atomic mass is 10.1. The smallest absolute Gasteiger partial charge is 0.268 e. The van der Waals surface area contributed by atoms with Gasteiger partial charge in [-0.3, -0.25) is 4.79 Å². The monoisotopic (exact) mass is 315 g/mol. The molecular weight excluding hydrogens is 290 g/mol. The van der Waals surface area contributed by atoms with Crippen molar-refractivity contribution in [2.45, 2.75) is 58.0 Å². The number of hydrogen-bond donors (Lipinski definition) is 2. The highest BCUT2D eigenvalue weighted by Gasteiger charge is 2.21. The zero-order chi connectivity index (χ0) is 16.4. The van der Waals surface area contributed by atoms with Crippen LogP contribution in [0.4, 0.5) is 0 Å². The van der Waals surface area contributed by atoms with Crippen LogP contribution in [0.15, 0.2) is 17.2 Å². The lowest BCUT2D eigenvalue weighted by molar-refractivity contribution is 0.0925. The van der Waals surface area contributed by atoms with Crippen LogP contribution in [-0.2, 0) is 10.0 Å². The Bertz CT molecular complexity index is 603. The average Bonchev–Trinajstić information content (AvgIpc) is 2.71. The average molecular weight is 315 g/mol. The Morgan fingerprint density at radius 1 is 1.29 bits per heavy atom. The van der Waals surface area contributed by atoms with Gasteiger partial charge in [0.05, 0.1) is 0 Å². The molecule has 0 saturated carbocycles. The van der Waals surface area contributed by atoms with Crippen LogP contribution in [0.25, 0.3) is 0 Å². The second-order valence-corrected chi connectivity index (χ2v) is 7.67. The first kappa shape index (κ1) is 17.7. The van der Waals surface area contributed by atoms with Crippen molar-refractivity contribution < 1.29 is 13.2 Å². The third-order valence-electron chi connectivity index (χ3n) is 3.14. The fourth-order valence-electron chi connectivity index (χ4n) is 2.28. The number of amides is 1. The largest absolute Gasteiger partial charge is 0.348 e. The molecular formula is C14H25N3O3S. The number of carbonyl (C=O) groups is 1. The van der Waals surface area contributed by atoms with E-state index >= 15 is 0 Å². The normalized spacial score (nSPS) is 13.7. The molecule has 0 aliphatic carbocycles. The van der Waals surface area contributed by atoms with Crippen molar-refractivity contribution in [2.24, 2.45) is 11.1 Å². The van der Waals surface area contributed by atoms with Crippen molar-refractivity contribution in [2.75, 3.05) is 0 Å². The van der Waals surface area contributed by atoms with Gasteiger partial charge in [-0.05, 0) is 39.2 Å². The van der Waals surface area contributed by atoms with Gasteiger partial charge in [0.25, 0.3) is 5.91 Å². The molecule has 0 aliphatic heterocycles. The van der Waals surface area contributed by atoms with E-state index in [1.165, 1.54) is 12.3 Å². The molecule has 1 aromatic heterocycles. The van der Waals surface area contributed by atoms with E-state index in [9.17, 15) is 13.2 Å². The number of aromatic nitrogens is 1. The highest BCUT2D eigenvalue weighted by atomic mass is 32.2. The van der Waals surface area contributed by atoms with Gasteiger partial charge in [0, 0.05) is 18.3 Å². The summed E-state index contributed by atoms with van der Waals surface area (Å²) in [6, 6.07) is 1.31. The first-order chi connectivity index (χ1) is 9.52. The molecule has 1 heterocycles. The SMILES string of the molecule is CC(C)CC(C)NC(=O)c1cc(S(N)(=O)=O)cn1C(C)C. The predicted octanol–water partition coefficient (Wildman–Crippen LogP) is 1.88. The highest BCUT2D eigenvalue weighted by molar-refractivity contribution is 7.89. The summed E-state index contributed by atoms with van der Waals surface area (Å²) in [4.78, 5) is 12.3. The lowest BCUT2D eigenvalue weighted by Crippen LogP contribution is -2.34. The molecule has 1 aromatic rings. The molecule has 6 nitrogen and oxygen atoms in total. The third-order valence-corrected chi connectivity index (χ3v) is 4.02. The van der Waals surface area contributed by atoms with E-state index in [-0.39, 0.29) is 22.9 Å². The molecule has 0 aliphatic rings. The van der Waals surface area contributed by atoms with Crippen molar-refractivity contribution in [1.82, 2.24) is 9.88 Å². The van der Waals surface area contributed by atoms with Gasteiger partial charge in [0.15, 0.2) is 0 Å². The quantitative estimate of drug-likeness (QED) is 0.839. The van der Waals surface area contributed by atoms with Gasteiger partial charge in [-0.1, -0.05) is 13.8 Å². The van der Waals surface area contributed by atoms with Gasteiger partial charge in [-0.15, -0.1) is 0 Å². The number of hydrogen-bond acceptors (Lipinski definition) is 3. The summed E-state index contributed by atoms with van der Waals surface area (Å²) in [5.41, 5.74) is 0.310. The molecule has 120 valence electrons. The predicted molar refractivity (Wildman–Crippen MR) is 82.6 cm³/mol. The van der Waals surface area contributed by atoms with Gasteiger partial charge in [0.2, 0.25) is 10.0 Å². The molecule has 21 heavy (non-hydrogen) atoms. The molecule has 3 N–H and O–H groups in total. The Morgan fingerprint density at radius 2 is 1.86 bits per heavy atom. The van der Waals surface area contributed by atoms with Crippen LogP contribution in [0.2, 0.25) is 0 Å². The molecule has 0 bridgehead atoms.